The second-order valence-corrected chi connectivity index (χ2v) is 5.43. The van der Waals surface area contributed by atoms with Crippen molar-refractivity contribution in [1.82, 2.24) is 24.6 Å². The number of thiazole rings is 1. The van der Waals surface area contributed by atoms with Crippen molar-refractivity contribution in [1.29, 1.82) is 0 Å². The predicted octanol–water partition coefficient (Wildman–Crippen LogP) is 0.405. The number of nitrogens with one attached hydrogen (secondary N) is 1. The molecule has 2 aromatic rings. The minimum atomic E-state index is -0.0987. The Bertz CT molecular complexity index is 635. The van der Waals surface area contributed by atoms with Crippen molar-refractivity contribution in [2.24, 2.45) is 0 Å². The molecule has 9 heteroatoms. The lowest BCUT2D eigenvalue weighted by Crippen LogP contribution is -2.38. The van der Waals surface area contributed by atoms with E-state index in [0.29, 0.717) is 29.6 Å². The van der Waals surface area contributed by atoms with Crippen LogP contribution in [0.2, 0.25) is 0 Å². The van der Waals surface area contributed by atoms with Gasteiger partial charge in [0.1, 0.15) is 17.0 Å². The van der Waals surface area contributed by atoms with Crippen LogP contribution in [0.1, 0.15) is 22.4 Å². The summed E-state index contributed by atoms with van der Waals surface area (Å²) in [4.78, 5) is 18.9. The van der Waals surface area contributed by atoms with Gasteiger partial charge in [-0.05, 0) is 6.92 Å². The first kappa shape index (κ1) is 12.9. The third kappa shape index (κ3) is 2.20. The smallest absolute Gasteiger partial charge is 0.268 e. The van der Waals surface area contributed by atoms with Gasteiger partial charge in [0.2, 0.25) is 0 Å². The highest BCUT2D eigenvalue weighted by molar-refractivity contribution is 7.18. The van der Waals surface area contributed by atoms with Crippen molar-refractivity contribution in [3.05, 3.63) is 17.0 Å². The molecule has 20 heavy (non-hydrogen) atoms. The first-order valence-electron chi connectivity index (χ1n) is 6.35. The van der Waals surface area contributed by atoms with Gasteiger partial charge in [0, 0.05) is 19.6 Å². The average Bonchev–Trinajstić information content (AvgIpc) is 3.04. The highest BCUT2D eigenvalue weighted by atomic mass is 32.1. The number of carbonyl (C=O) groups excluding carboxylic acids is 1. The van der Waals surface area contributed by atoms with Crippen molar-refractivity contribution in [3.63, 3.8) is 0 Å². The molecule has 106 valence electrons. The second-order valence-electron chi connectivity index (χ2n) is 4.43. The zero-order valence-electron chi connectivity index (χ0n) is 11.0. The van der Waals surface area contributed by atoms with E-state index >= 15 is 0 Å². The SMILES string of the molecule is CCNc1nc(N)c(C(=O)N2CCn3cnnc3C2)s1. The van der Waals surface area contributed by atoms with E-state index in [-0.39, 0.29) is 11.7 Å². The highest BCUT2D eigenvalue weighted by Crippen LogP contribution is 2.27. The van der Waals surface area contributed by atoms with E-state index in [1.54, 1.807) is 11.2 Å². The number of rotatable bonds is 3. The van der Waals surface area contributed by atoms with Crippen LogP contribution in [-0.4, -0.2) is 43.6 Å². The molecule has 0 saturated heterocycles. The summed E-state index contributed by atoms with van der Waals surface area (Å²) in [5.41, 5.74) is 5.83. The highest BCUT2D eigenvalue weighted by Gasteiger charge is 2.26. The monoisotopic (exact) mass is 293 g/mol. The molecule has 0 atom stereocenters. The maximum Gasteiger partial charge on any atom is 0.268 e. The Hall–Kier alpha value is -2.16. The molecule has 0 fully saturated rings. The molecule has 0 aliphatic carbocycles. The van der Waals surface area contributed by atoms with E-state index in [4.69, 9.17) is 5.73 Å². The summed E-state index contributed by atoms with van der Waals surface area (Å²) in [6.07, 6.45) is 1.68. The van der Waals surface area contributed by atoms with Gasteiger partial charge < -0.3 is 20.5 Å². The summed E-state index contributed by atoms with van der Waals surface area (Å²) < 4.78 is 1.95. The summed E-state index contributed by atoms with van der Waals surface area (Å²) in [5, 5.41) is 11.6. The Labute approximate surface area is 119 Å². The van der Waals surface area contributed by atoms with Gasteiger partial charge in [0.25, 0.3) is 5.91 Å². The first-order valence-corrected chi connectivity index (χ1v) is 7.16. The van der Waals surface area contributed by atoms with Crippen LogP contribution < -0.4 is 11.1 Å². The summed E-state index contributed by atoms with van der Waals surface area (Å²) in [6, 6.07) is 0. The average molecular weight is 293 g/mol. The molecule has 0 saturated carbocycles. The standard InChI is InChI=1S/C11H15N7OS/c1-2-13-11-15-9(12)8(20-11)10(19)17-3-4-18-6-14-16-7(18)5-17/h6H,2-5,12H2,1H3,(H,13,15). The van der Waals surface area contributed by atoms with Crippen LogP contribution >= 0.6 is 11.3 Å². The molecule has 0 aromatic carbocycles. The Morgan fingerprint density at radius 3 is 3.20 bits per heavy atom. The number of nitrogen functional groups attached to an aromatic ring is 1. The predicted molar refractivity (Wildman–Crippen MR) is 75.5 cm³/mol. The number of amides is 1. The maximum atomic E-state index is 12.5. The molecule has 0 unspecified atom stereocenters. The van der Waals surface area contributed by atoms with Crippen molar-refractivity contribution in [2.75, 3.05) is 24.1 Å². The number of hydrogen-bond donors (Lipinski definition) is 2. The summed E-state index contributed by atoms with van der Waals surface area (Å²) >= 11 is 1.29. The Kier molecular flexibility index (Phi) is 3.26. The van der Waals surface area contributed by atoms with Crippen LogP contribution in [0.3, 0.4) is 0 Å². The lowest BCUT2D eigenvalue weighted by molar-refractivity contribution is 0.0713. The van der Waals surface area contributed by atoms with Gasteiger partial charge in [-0.25, -0.2) is 4.98 Å². The van der Waals surface area contributed by atoms with Crippen LogP contribution in [0, 0.1) is 0 Å². The molecule has 8 nitrogen and oxygen atoms in total. The van der Waals surface area contributed by atoms with Crippen LogP contribution in [-0.2, 0) is 13.1 Å². The molecule has 3 N–H and O–H groups in total. The Balaban J connectivity index is 1.80. The summed E-state index contributed by atoms with van der Waals surface area (Å²) in [7, 11) is 0. The molecule has 3 heterocycles. The molecule has 1 aliphatic heterocycles. The third-order valence-corrected chi connectivity index (χ3v) is 4.12. The number of anilines is 2. The van der Waals surface area contributed by atoms with E-state index < -0.39 is 0 Å². The quantitative estimate of drug-likeness (QED) is 0.849. The number of carbonyl (C=O) groups is 1. The van der Waals surface area contributed by atoms with Crippen molar-refractivity contribution < 1.29 is 4.79 Å². The molecule has 3 rings (SSSR count). The summed E-state index contributed by atoms with van der Waals surface area (Å²) in [5.74, 6) is 0.973. The minimum absolute atomic E-state index is 0.0987. The maximum absolute atomic E-state index is 12.5. The number of nitrogens with zero attached hydrogens (tertiary/aromatic N) is 5. The molecule has 2 aromatic heterocycles. The second kappa shape index (κ2) is 5.08. The fraction of sp³-hybridized carbons (Fsp3) is 0.455. The fourth-order valence-corrected chi connectivity index (χ4v) is 3.02. The third-order valence-electron chi connectivity index (χ3n) is 3.10. The lowest BCUT2D eigenvalue weighted by atomic mass is 10.3. The number of hydrogen-bond acceptors (Lipinski definition) is 7. The van der Waals surface area contributed by atoms with Gasteiger partial charge in [-0.15, -0.1) is 10.2 Å². The number of fused-ring (bicyclic) bond motifs is 1. The van der Waals surface area contributed by atoms with Crippen LogP contribution in [0.25, 0.3) is 0 Å². The molecule has 1 aliphatic rings. The van der Waals surface area contributed by atoms with Crippen LogP contribution in [0.4, 0.5) is 10.9 Å². The summed E-state index contributed by atoms with van der Waals surface area (Å²) in [6.45, 7) is 4.49. The van der Waals surface area contributed by atoms with Gasteiger partial charge in [-0.2, -0.15) is 0 Å². The lowest BCUT2D eigenvalue weighted by Gasteiger charge is -2.26. The topological polar surface area (TPSA) is 102 Å². The molecule has 0 bridgehead atoms. The van der Waals surface area contributed by atoms with E-state index in [2.05, 4.69) is 20.5 Å². The van der Waals surface area contributed by atoms with Crippen molar-refractivity contribution in [2.45, 2.75) is 20.0 Å². The Morgan fingerprint density at radius 1 is 1.55 bits per heavy atom. The van der Waals surface area contributed by atoms with Gasteiger partial charge in [-0.3, -0.25) is 4.79 Å². The van der Waals surface area contributed by atoms with E-state index in [0.717, 1.165) is 12.4 Å². The number of aromatic nitrogens is 4. The Morgan fingerprint density at radius 2 is 2.40 bits per heavy atom. The zero-order chi connectivity index (χ0) is 14.1. The van der Waals surface area contributed by atoms with Crippen molar-refractivity contribution >= 4 is 28.2 Å². The molecule has 0 radical (unpaired) electrons. The van der Waals surface area contributed by atoms with Gasteiger partial charge in [-0.1, -0.05) is 11.3 Å². The van der Waals surface area contributed by atoms with Gasteiger partial charge in [0.05, 0.1) is 6.54 Å². The van der Waals surface area contributed by atoms with Crippen LogP contribution in [0.5, 0.6) is 0 Å². The van der Waals surface area contributed by atoms with Crippen LogP contribution in [0.15, 0.2) is 6.33 Å². The van der Waals surface area contributed by atoms with Gasteiger partial charge in [0.15, 0.2) is 11.0 Å². The van der Waals surface area contributed by atoms with E-state index in [1.165, 1.54) is 11.3 Å². The minimum Gasteiger partial charge on any atom is -0.382 e. The zero-order valence-corrected chi connectivity index (χ0v) is 11.9. The fourth-order valence-electron chi connectivity index (χ4n) is 2.10. The normalized spacial score (nSPS) is 14.2. The molecular formula is C11H15N7OS. The molecule has 0 spiro atoms. The first-order chi connectivity index (χ1) is 9.69. The molecule has 1 amide bonds. The van der Waals surface area contributed by atoms with Crippen molar-refractivity contribution in [3.8, 4) is 0 Å². The molecular weight excluding hydrogens is 278 g/mol. The van der Waals surface area contributed by atoms with E-state index in [1.807, 2.05) is 11.5 Å². The van der Waals surface area contributed by atoms with E-state index in [9.17, 15) is 4.79 Å². The largest absolute Gasteiger partial charge is 0.382 e. The van der Waals surface area contributed by atoms with Gasteiger partial charge >= 0.3 is 0 Å². The number of nitrogens with two attached hydrogens (primary N) is 1.